The number of hydrogen-bond acceptors (Lipinski definition) is 6. The Hall–Kier alpha value is -2.40. The normalized spacial score (nSPS) is 23.5. The molecule has 33 heavy (non-hydrogen) atoms. The molecular weight excluding hydrogens is 438 g/mol. The van der Waals surface area contributed by atoms with E-state index in [-0.39, 0.29) is 34.8 Å². The van der Waals surface area contributed by atoms with E-state index in [1.807, 2.05) is 17.0 Å². The number of carboxylic acids is 1. The molecule has 1 aromatic rings. The van der Waals surface area contributed by atoms with Crippen LogP contribution in [0.3, 0.4) is 0 Å². The fourth-order valence-corrected chi connectivity index (χ4v) is 5.77. The molecule has 0 saturated heterocycles. The van der Waals surface area contributed by atoms with E-state index in [0.717, 1.165) is 36.3 Å². The van der Waals surface area contributed by atoms with Gasteiger partial charge in [-0.1, -0.05) is 32.9 Å². The van der Waals surface area contributed by atoms with Crippen LogP contribution in [0.2, 0.25) is 0 Å². The fraction of sp³-hybridized carbons (Fsp3) is 0.680. The largest absolute Gasteiger partial charge is 0.477 e. The lowest BCUT2D eigenvalue weighted by Gasteiger charge is -2.38. The third kappa shape index (κ3) is 6.14. The maximum Gasteiger partial charge on any atom is 0.348 e. The molecule has 1 amide bonds. The number of nitriles is 1. The molecule has 7 nitrogen and oxygen atoms in total. The molecule has 1 heterocycles. The van der Waals surface area contributed by atoms with E-state index in [0.29, 0.717) is 37.3 Å². The molecule has 180 valence electrons. The molecule has 0 aliphatic heterocycles. The quantitative estimate of drug-likeness (QED) is 0.419. The number of aromatic carboxylic acids is 1. The van der Waals surface area contributed by atoms with E-state index in [9.17, 15) is 14.7 Å². The minimum absolute atomic E-state index is 0.0603. The number of carboxylic acid groups (broad SMARTS) is 1. The van der Waals surface area contributed by atoms with Crippen LogP contribution in [0.1, 0.15) is 93.6 Å². The van der Waals surface area contributed by atoms with Crippen LogP contribution in [0.25, 0.3) is 0 Å². The van der Waals surface area contributed by atoms with Crippen molar-refractivity contribution < 1.29 is 19.5 Å². The van der Waals surface area contributed by atoms with Crippen molar-refractivity contribution in [1.29, 1.82) is 5.26 Å². The first-order valence-corrected chi connectivity index (χ1v) is 12.7. The van der Waals surface area contributed by atoms with Crippen LogP contribution in [0.4, 0.5) is 5.69 Å². The van der Waals surface area contributed by atoms with Gasteiger partial charge in [0.1, 0.15) is 10.9 Å². The van der Waals surface area contributed by atoms with Crippen LogP contribution < -0.4 is 4.90 Å². The Morgan fingerprint density at radius 3 is 2.39 bits per heavy atom. The first-order valence-electron chi connectivity index (χ1n) is 11.9. The van der Waals surface area contributed by atoms with Gasteiger partial charge in [0.25, 0.3) is 0 Å². The molecular formula is C25H35N3O4S. The van der Waals surface area contributed by atoms with Gasteiger partial charge in [0.2, 0.25) is 12.5 Å². The van der Waals surface area contributed by atoms with E-state index >= 15 is 0 Å². The number of hydrogen-bond donors (Lipinski definition) is 1. The number of carbonyl (C=O) groups is 2. The van der Waals surface area contributed by atoms with E-state index in [4.69, 9.17) is 10.1 Å². The van der Waals surface area contributed by atoms with Crippen molar-refractivity contribution in [2.45, 2.75) is 90.5 Å². The molecule has 1 aromatic heterocycles. The SMILES string of the molecule is CC1CCC(C(=O)N(c2cc(C(C)(C)C)sc2C(=O)O)C2CCC(=NOCC#N)CC2)CC1. The Kier molecular flexibility index (Phi) is 8.17. The number of amides is 1. The van der Waals surface area contributed by atoms with Gasteiger partial charge in [-0.3, -0.25) is 4.79 Å². The number of oxime groups is 1. The second kappa shape index (κ2) is 10.7. The zero-order chi connectivity index (χ0) is 24.2. The zero-order valence-electron chi connectivity index (χ0n) is 20.1. The molecule has 1 N–H and O–H groups in total. The van der Waals surface area contributed by atoms with Crippen molar-refractivity contribution in [3.05, 3.63) is 15.8 Å². The standard InChI is InChI=1S/C25H35N3O4S/c1-16-5-7-17(8-6-16)23(29)28(19-11-9-18(10-12-19)27-32-14-13-26)20-15-21(25(2,3)4)33-22(20)24(30)31/h15-17,19H,5-12,14H2,1-4H3,(H,30,31). The highest BCUT2D eigenvalue weighted by molar-refractivity contribution is 7.14. The number of carbonyl (C=O) groups excluding carboxylic acids is 1. The lowest BCUT2D eigenvalue weighted by Crippen LogP contribution is -2.46. The summed E-state index contributed by atoms with van der Waals surface area (Å²) in [5.74, 6) is -0.347. The summed E-state index contributed by atoms with van der Waals surface area (Å²) in [6, 6.07) is 3.76. The van der Waals surface area contributed by atoms with Crippen LogP contribution in [-0.4, -0.2) is 35.3 Å². The topological polar surface area (TPSA) is 103 Å². The van der Waals surface area contributed by atoms with E-state index in [2.05, 4.69) is 32.9 Å². The van der Waals surface area contributed by atoms with Gasteiger partial charge in [-0.25, -0.2) is 4.79 Å². The van der Waals surface area contributed by atoms with Gasteiger partial charge in [-0.2, -0.15) is 5.26 Å². The second-order valence-electron chi connectivity index (χ2n) is 10.4. The van der Waals surface area contributed by atoms with Crippen LogP contribution in [0.15, 0.2) is 11.2 Å². The molecule has 2 aliphatic rings. The van der Waals surface area contributed by atoms with E-state index in [1.165, 1.54) is 11.3 Å². The summed E-state index contributed by atoms with van der Waals surface area (Å²) in [5, 5.41) is 22.7. The van der Waals surface area contributed by atoms with Crippen LogP contribution in [0.5, 0.6) is 0 Å². The molecule has 0 aromatic carbocycles. The highest BCUT2D eigenvalue weighted by atomic mass is 32.1. The summed E-state index contributed by atoms with van der Waals surface area (Å²) >= 11 is 1.28. The molecule has 2 fully saturated rings. The molecule has 2 saturated carbocycles. The molecule has 0 bridgehead atoms. The highest BCUT2D eigenvalue weighted by Gasteiger charge is 2.37. The fourth-order valence-electron chi connectivity index (χ4n) is 4.72. The van der Waals surface area contributed by atoms with Gasteiger partial charge in [0.05, 0.1) is 11.4 Å². The molecule has 2 aliphatic carbocycles. The third-order valence-corrected chi connectivity index (χ3v) is 8.27. The summed E-state index contributed by atoms with van der Waals surface area (Å²) in [6.07, 6.45) is 6.51. The zero-order valence-corrected chi connectivity index (χ0v) is 20.9. The lowest BCUT2D eigenvalue weighted by molar-refractivity contribution is -0.124. The summed E-state index contributed by atoms with van der Waals surface area (Å²) in [7, 11) is 0. The Labute approximate surface area is 200 Å². The lowest BCUT2D eigenvalue weighted by atomic mass is 9.81. The minimum Gasteiger partial charge on any atom is -0.477 e. The van der Waals surface area contributed by atoms with Crippen LogP contribution >= 0.6 is 11.3 Å². The summed E-state index contributed by atoms with van der Waals surface area (Å²) in [4.78, 5) is 34.1. The predicted molar refractivity (Wildman–Crippen MR) is 130 cm³/mol. The maximum atomic E-state index is 13.9. The van der Waals surface area contributed by atoms with Gasteiger partial charge < -0.3 is 14.8 Å². The first-order chi connectivity index (χ1) is 15.6. The Morgan fingerprint density at radius 1 is 1.21 bits per heavy atom. The van der Waals surface area contributed by atoms with Gasteiger partial charge in [0, 0.05) is 16.8 Å². The minimum atomic E-state index is -0.983. The van der Waals surface area contributed by atoms with Crippen LogP contribution in [0, 0.1) is 23.2 Å². The second-order valence-corrected chi connectivity index (χ2v) is 11.4. The average molecular weight is 474 g/mol. The summed E-state index contributed by atoms with van der Waals surface area (Å²) < 4.78 is 0. The Balaban J connectivity index is 1.93. The number of thiophene rings is 1. The number of rotatable bonds is 6. The highest BCUT2D eigenvalue weighted by Crippen LogP contribution is 2.41. The van der Waals surface area contributed by atoms with Gasteiger partial charge in [-0.15, -0.1) is 11.3 Å². The Morgan fingerprint density at radius 2 is 1.85 bits per heavy atom. The van der Waals surface area contributed by atoms with Crippen molar-refractivity contribution in [3.63, 3.8) is 0 Å². The third-order valence-electron chi connectivity index (χ3n) is 6.73. The number of anilines is 1. The smallest absolute Gasteiger partial charge is 0.348 e. The molecule has 0 atom stereocenters. The summed E-state index contributed by atoms with van der Waals surface area (Å²) in [5.41, 5.74) is 1.23. The van der Waals surface area contributed by atoms with Crippen molar-refractivity contribution in [3.8, 4) is 6.07 Å². The van der Waals surface area contributed by atoms with Gasteiger partial charge >= 0.3 is 5.97 Å². The average Bonchev–Trinajstić information content (AvgIpc) is 3.21. The molecule has 8 heteroatoms. The van der Waals surface area contributed by atoms with E-state index < -0.39 is 5.97 Å². The van der Waals surface area contributed by atoms with Crippen molar-refractivity contribution in [2.24, 2.45) is 17.0 Å². The first kappa shape index (κ1) is 25.2. The van der Waals surface area contributed by atoms with E-state index in [1.54, 1.807) is 0 Å². The van der Waals surface area contributed by atoms with Gasteiger partial charge in [-0.05, 0) is 68.8 Å². The molecule has 0 radical (unpaired) electrons. The molecule has 0 spiro atoms. The molecule has 0 unspecified atom stereocenters. The Bertz CT molecular complexity index is 922. The van der Waals surface area contributed by atoms with Crippen molar-refractivity contribution in [1.82, 2.24) is 0 Å². The predicted octanol–water partition coefficient (Wildman–Crippen LogP) is 5.74. The number of nitrogens with zero attached hydrogens (tertiary/aromatic N) is 3. The monoisotopic (exact) mass is 473 g/mol. The maximum absolute atomic E-state index is 13.9. The van der Waals surface area contributed by atoms with Gasteiger partial charge in [0.15, 0.2) is 0 Å². The molecule has 3 rings (SSSR count). The summed E-state index contributed by atoms with van der Waals surface area (Å²) in [6.45, 7) is 8.34. The van der Waals surface area contributed by atoms with Crippen molar-refractivity contribution >= 4 is 34.6 Å². The van der Waals surface area contributed by atoms with Crippen LogP contribution in [-0.2, 0) is 15.0 Å². The van der Waals surface area contributed by atoms with Crippen molar-refractivity contribution in [2.75, 3.05) is 11.5 Å².